The maximum absolute atomic E-state index is 13.0. The number of ether oxygens (including phenoxy) is 1. The second-order valence-corrected chi connectivity index (χ2v) is 8.63. The quantitative estimate of drug-likeness (QED) is 0.243. The molecule has 0 spiro atoms. The summed E-state index contributed by atoms with van der Waals surface area (Å²) in [5.41, 5.74) is 1.39. The largest absolute Gasteiger partial charge is 0.506 e. The van der Waals surface area contributed by atoms with Gasteiger partial charge in [0.25, 0.3) is 0 Å². The molecule has 1 aliphatic heterocycles. The first-order valence-corrected chi connectivity index (χ1v) is 10.2. The van der Waals surface area contributed by atoms with E-state index in [4.69, 9.17) is 17.0 Å². The molecule has 4 N–H and O–H groups in total. The van der Waals surface area contributed by atoms with Gasteiger partial charge in [-0.3, -0.25) is 9.59 Å². The Labute approximate surface area is 185 Å². The van der Waals surface area contributed by atoms with Crippen LogP contribution in [-0.4, -0.2) is 27.7 Å². The summed E-state index contributed by atoms with van der Waals surface area (Å²) in [7, 11) is 0. The fourth-order valence-corrected chi connectivity index (χ4v) is 3.35. The van der Waals surface area contributed by atoms with Crippen LogP contribution < -0.4 is 16.0 Å². The van der Waals surface area contributed by atoms with Crippen molar-refractivity contribution in [2.45, 2.75) is 39.2 Å². The molecule has 1 heterocycles. The molecule has 1 unspecified atom stereocenters. The summed E-state index contributed by atoms with van der Waals surface area (Å²) < 4.78 is 18.4. The van der Waals surface area contributed by atoms with Crippen molar-refractivity contribution in [2.75, 3.05) is 16.0 Å². The number of phenols is 1. The zero-order chi connectivity index (χ0) is 22.8. The third-order valence-corrected chi connectivity index (χ3v) is 4.74. The minimum absolute atomic E-state index is 0.127. The molecule has 1 aliphatic rings. The molecule has 2 aromatic rings. The SMILES string of the molecule is CC(C)(C)OC(=O)C1CCc2cc(NC(=S)Nc3ccc(F)cc3)c(O)cc2NC1=O. The number of fused-ring (bicyclic) bond motifs is 1. The normalized spacial score (nSPS) is 15.9. The number of esters is 1. The van der Waals surface area contributed by atoms with Crippen molar-refractivity contribution >= 4 is 46.3 Å². The molecule has 1 atom stereocenters. The number of nitrogens with one attached hydrogen (secondary N) is 3. The van der Waals surface area contributed by atoms with Gasteiger partial charge in [-0.05, 0) is 81.7 Å². The van der Waals surface area contributed by atoms with Crippen LogP contribution in [0.2, 0.25) is 0 Å². The lowest BCUT2D eigenvalue weighted by Crippen LogP contribution is -2.35. The van der Waals surface area contributed by atoms with Gasteiger partial charge in [0, 0.05) is 17.4 Å². The molecule has 0 aromatic heterocycles. The molecule has 0 bridgehead atoms. The van der Waals surface area contributed by atoms with Crippen LogP contribution in [0.15, 0.2) is 36.4 Å². The van der Waals surface area contributed by atoms with E-state index in [1.807, 2.05) is 0 Å². The molecule has 1 amide bonds. The molecule has 0 fully saturated rings. The standard InChI is InChI=1S/C22H24FN3O4S/c1-22(2,3)30-20(29)15-9-4-12-10-17(18(27)11-16(12)25-19(15)28)26-21(31)24-14-7-5-13(23)6-8-14/h5-8,10-11,15,27H,4,9H2,1-3H3,(H,25,28)(H2,24,26,31). The van der Waals surface area contributed by atoms with Crippen molar-refractivity contribution < 1.29 is 23.8 Å². The van der Waals surface area contributed by atoms with Crippen molar-refractivity contribution in [1.82, 2.24) is 0 Å². The van der Waals surface area contributed by atoms with Gasteiger partial charge in [0.15, 0.2) is 5.11 Å². The van der Waals surface area contributed by atoms with E-state index in [1.54, 1.807) is 26.8 Å². The van der Waals surface area contributed by atoms with Crippen LogP contribution in [0.4, 0.5) is 21.5 Å². The van der Waals surface area contributed by atoms with Gasteiger partial charge in [-0.25, -0.2) is 4.39 Å². The van der Waals surface area contributed by atoms with Crippen LogP contribution in [0.3, 0.4) is 0 Å². The molecule has 0 aliphatic carbocycles. The Kier molecular flexibility index (Phi) is 6.45. The summed E-state index contributed by atoms with van der Waals surface area (Å²) in [5, 5.41) is 19.1. The lowest BCUT2D eigenvalue weighted by atomic mass is 9.99. The first-order valence-electron chi connectivity index (χ1n) is 9.75. The number of hydrogen-bond acceptors (Lipinski definition) is 5. The minimum atomic E-state index is -0.939. The lowest BCUT2D eigenvalue weighted by molar-refractivity contribution is -0.161. The van der Waals surface area contributed by atoms with Crippen molar-refractivity contribution in [1.29, 1.82) is 0 Å². The maximum Gasteiger partial charge on any atom is 0.319 e. The molecule has 3 rings (SSSR count). The van der Waals surface area contributed by atoms with E-state index in [-0.39, 0.29) is 23.1 Å². The Bertz CT molecular complexity index is 1020. The monoisotopic (exact) mass is 445 g/mol. The third kappa shape index (κ3) is 5.91. The number of benzene rings is 2. The summed E-state index contributed by atoms with van der Waals surface area (Å²) in [4.78, 5) is 24.9. The summed E-state index contributed by atoms with van der Waals surface area (Å²) in [6, 6.07) is 8.75. The Morgan fingerprint density at radius 2 is 1.90 bits per heavy atom. The van der Waals surface area contributed by atoms with E-state index in [2.05, 4.69) is 16.0 Å². The second-order valence-electron chi connectivity index (χ2n) is 8.23. The van der Waals surface area contributed by atoms with Crippen LogP contribution in [0.5, 0.6) is 5.75 Å². The number of rotatable bonds is 3. The smallest absolute Gasteiger partial charge is 0.319 e. The number of carbonyl (C=O) groups is 2. The van der Waals surface area contributed by atoms with E-state index >= 15 is 0 Å². The fraction of sp³-hybridized carbons (Fsp3) is 0.318. The van der Waals surface area contributed by atoms with Gasteiger partial charge in [0.1, 0.15) is 23.1 Å². The first-order chi connectivity index (χ1) is 14.5. The molecule has 0 radical (unpaired) electrons. The van der Waals surface area contributed by atoms with E-state index < -0.39 is 23.4 Å². The Balaban J connectivity index is 1.73. The third-order valence-electron chi connectivity index (χ3n) is 4.54. The summed E-state index contributed by atoms with van der Waals surface area (Å²) in [5.74, 6) is -2.48. The highest BCUT2D eigenvalue weighted by atomic mass is 32.1. The number of carbonyl (C=O) groups excluding carboxylic acids is 2. The number of halogens is 1. The van der Waals surface area contributed by atoms with E-state index in [9.17, 15) is 19.1 Å². The average Bonchev–Trinajstić information content (AvgIpc) is 2.80. The average molecular weight is 446 g/mol. The predicted octanol–water partition coefficient (Wildman–Crippen LogP) is 4.18. The molecular weight excluding hydrogens is 421 g/mol. The van der Waals surface area contributed by atoms with Gasteiger partial charge >= 0.3 is 5.97 Å². The minimum Gasteiger partial charge on any atom is -0.506 e. The molecule has 7 nitrogen and oxygen atoms in total. The number of aryl methyl sites for hydroxylation is 1. The van der Waals surface area contributed by atoms with Crippen LogP contribution in [-0.2, 0) is 20.7 Å². The molecule has 0 saturated carbocycles. The van der Waals surface area contributed by atoms with Crippen molar-refractivity contribution in [3.8, 4) is 5.75 Å². The van der Waals surface area contributed by atoms with E-state index in [1.165, 1.54) is 30.3 Å². The van der Waals surface area contributed by atoms with Crippen LogP contribution in [0.25, 0.3) is 0 Å². The van der Waals surface area contributed by atoms with Gasteiger partial charge in [-0.2, -0.15) is 0 Å². The topological polar surface area (TPSA) is 99.7 Å². The lowest BCUT2D eigenvalue weighted by Gasteiger charge is -2.22. The molecule has 0 saturated heterocycles. The molecule has 164 valence electrons. The molecular formula is C22H24FN3O4S. The highest BCUT2D eigenvalue weighted by molar-refractivity contribution is 7.80. The molecule has 2 aromatic carbocycles. The summed E-state index contributed by atoms with van der Waals surface area (Å²) in [6.45, 7) is 5.23. The number of amides is 1. The fourth-order valence-electron chi connectivity index (χ4n) is 3.12. The Morgan fingerprint density at radius 1 is 1.23 bits per heavy atom. The van der Waals surface area contributed by atoms with Crippen LogP contribution >= 0.6 is 12.2 Å². The maximum atomic E-state index is 13.0. The Hall–Kier alpha value is -3.20. The predicted molar refractivity (Wildman–Crippen MR) is 121 cm³/mol. The van der Waals surface area contributed by atoms with Gasteiger partial charge < -0.3 is 25.8 Å². The van der Waals surface area contributed by atoms with Crippen LogP contribution in [0, 0.1) is 11.7 Å². The van der Waals surface area contributed by atoms with Gasteiger partial charge in [0.2, 0.25) is 5.91 Å². The highest BCUT2D eigenvalue weighted by Gasteiger charge is 2.33. The summed E-state index contributed by atoms with van der Waals surface area (Å²) in [6.07, 6.45) is 0.696. The number of thiocarbonyl (C=S) groups is 1. The van der Waals surface area contributed by atoms with Crippen molar-refractivity contribution in [2.24, 2.45) is 5.92 Å². The van der Waals surface area contributed by atoms with Crippen molar-refractivity contribution in [3.63, 3.8) is 0 Å². The van der Waals surface area contributed by atoms with E-state index in [0.717, 1.165) is 5.56 Å². The molecule has 31 heavy (non-hydrogen) atoms. The van der Waals surface area contributed by atoms with Gasteiger partial charge in [-0.1, -0.05) is 0 Å². The number of hydrogen-bond donors (Lipinski definition) is 4. The highest BCUT2D eigenvalue weighted by Crippen LogP contribution is 2.34. The van der Waals surface area contributed by atoms with Crippen molar-refractivity contribution in [3.05, 3.63) is 47.8 Å². The second kappa shape index (κ2) is 8.89. The van der Waals surface area contributed by atoms with Crippen LogP contribution in [0.1, 0.15) is 32.8 Å². The zero-order valence-corrected chi connectivity index (χ0v) is 18.2. The molecule has 9 heteroatoms. The summed E-state index contributed by atoms with van der Waals surface area (Å²) >= 11 is 5.26. The van der Waals surface area contributed by atoms with E-state index in [0.29, 0.717) is 23.5 Å². The van der Waals surface area contributed by atoms with Gasteiger partial charge in [0.05, 0.1) is 5.69 Å². The number of phenolic OH excluding ortho intramolecular Hbond substituents is 1. The zero-order valence-electron chi connectivity index (χ0n) is 17.4. The Morgan fingerprint density at radius 3 is 2.55 bits per heavy atom. The number of aromatic hydroxyl groups is 1. The first kappa shape index (κ1) is 22.5. The van der Waals surface area contributed by atoms with Gasteiger partial charge in [-0.15, -0.1) is 0 Å². The number of anilines is 3.